The maximum Gasteiger partial charge on any atom is 0.330 e. The molecule has 0 aromatic heterocycles. The number of carbonyl (C=O) groups excluding carboxylic acids is 1. The molecule has 4 heteroatoms. The van der Waals surface area contributed by atoms with Gasteiger partial charge in [0.1, 0.15) is 6.61 Å². The summed E-state index contributed by atoms with van der Waals surface area (Å²) in [7, 11) is 0. The molecular formula is C8H12O2S2. The van der Waals surface area contributed by atoms with Gasteiger partial charge in [0, 0.05) is 17.6 Å². The second-order valence-corrected chi connectivity index (χ2v) is 6.10. The lowest BCUT2D eigenvalue weighted by atomic mass is 10.5. The molecule has 0 atom stereocenters. The molecule has 0 aliphatic carbocycles. The van der Waals surface area contributed by atoms with Crippen LogP contribution in [0.1, 0.15) is 6.92 Å². The van der Waals surface area contributed by atoms with Crippen molar-refractivity contribution in [2.75, 3.05) is 18.1 Å². The molecule has 0 amide bonds. The van der Waals surface area contributed by atoms with Crippen LogP contribution < -0.4 is 0 Å². The highest BCUT2D eigenvalue weighted by molar-refractivity contribution is 8.21. The Bertz CT molecular complexity index is 185. The van der Waals surface area contributed by atoms with Crippen molar-refractivity contribution in [1.82, 2.24) is 0 Å². The molecule has 0 aromatic carbocycles. The molecule has 0 saturated carbocycles. The summed E-state index contributed by atoms with van der Waals surface area (Å²) in [4.78, 5) is 10.8. The van der Waals surface area contributed by atoms with Crippen molar-refractivity contribution < 1.29 is 9.53 Å². The third-order valence-electron chi connectivity index (χ3n) is 1.54. The lowest BCUT2D eigenvalue weighted by Crippen LogP contribution is -2.21. The highest BCUT2D eigenvalue weighted by Crippen LogP contribution is 2.43. The second-order valence-electron chi connectivity index (χ2n) is 2.64. The van der Waals surface area contributed by atoms with Crippen LogP contribution in [-0.2, 0) is 9.53 Å². The van der Waals surface area contributed by atoms with Gasteiger partial charge in [0.25, 0.3) is 0 Å². The molecule has 1 heterocycles. The van der Waals surface area contributed by atoms with Gasteiger partial charge < -0.3 is 4.74 Å². The van der Waals surface area contributed by atoms with Gasteiger partial charge in [-0.15, -0.1) is 23.5 Å². The van der Waals surface area contributed by atoms with Crippen molar-refractivity contribution in [2.24, 2.45) is 0 Å². The maximum absolute atomic E-state index is 10.8. The molecule has 1 saturated heterocycles. The molecule has 1 aliphatic rings. The molecule has 0 aromatic rings. The molecule has 1 fully saturated rings. The van der Waals surface area contributed by atoms with Crippen LogP contribution >= 0.6 is 23.5 Å². The highest BCUT2D eigenvalue weighted by Gasteiger charge is 2.31. The average molecular weight is 204 g/mol. The topological polar surface area (TPSA) is 26.3 Å². The minimum Gasteiger partial charge on any atom is -0.460 e. The number of ether oxygens (including phenoxy) is 1. The van der Waals surface area contributed by atoms with E-state index in [4.69, 9.17) is 4.74 Å². The van der Waals surface area contributed by atoms with Gasteiger partial charge in [-0.1, -0.05) is 6.58 Å². The third kappa shape index (κ3) is 2.75. The number of hydrogen-bond acceptors (Lipinski definition) is 4. The van der Waals surface area contributed by atoms with Crippen molar-refractivity contribution in [3.05, 3.63) is 12.7 Å². The average Bonchev–Trinajstić information content (AvgIpc) is 2.49. The van der Waals surface area contributed by atoms with E-state index in [1.807, 2.05) is 23.5 Å². The molecule has 68 valence electrons. The van der Waals surface area contributed by atoms with Gasteiger partial charge in [-0.2, -0.15) is 0 Å². The summed E-state index contributed by atoms with van der Waals surface area (Å²) in [5.41, 5.74) is 0. The highest BCUT2D eigenvalue weighted by atomic mass is 32.2. The van der Waals surface area contributed by atoms with Gasteiger partial charge in [-0.05, 0) is 6.92 Å². The van der Waals surface area contributed by atoms with Gasteiger partial charge in [0.05, 0.1) is 4.08 Å². The van der Waals surface area contributed by atoms with E-state index in [1.165, 1.54) is 6.08 Å². The molecule has 1 rings (SSSR count). The van der Waals surface area contributed by atoms with E-state index in [2.05, 4.69) is 13.5 Å². The minimum absolute atomic E-state index is 0.0681. The Kier molecular flexibility index (Phi) is 3.53. The van der Waals surface area contributed by atoms with Crippen molar-refractivity contribution in [3.63, 3.8) is 0 Å². The summed E-state index contributed by atoms with van der Waals surface area (Å²) in [5, 5.41) is 0. The van der Waals surface area contributed by atoms with Crippen LogP contribution in [0.2, 0.25) is 0 Å². The van der Waals surface area contributed by atoms with Gasteiger partial charge in [0.15, 0.2) is 0 Å². The van der Waals surface area contributed by atoms with E-state index in [0.29, 0.717) is 6.61 Å². The van der Waals surface area contributed by atoms with E-state index in [0.717, 1.165) is 11.5 Å². The largest absolute Gasteiger partial charge is 0.460 e. The monoisotopic (exact) mass is 204 g/mol. The van der Waals surface area contributed by atoms with Crippen LogP contribution in [-0.4, -0.2) is 28.2 Å². The molecular weight excluding hydrogens is 192 g/mol. The van der Waals surface area contributed by atoms with Crippen LogP contribution in [0.15, 0.2) is 12.7 Å². The van der Waals surface area contributed by atoms with Crippen molar-refractivity contribution in [2.45, 2.75) is 11.0 Å². The molecule has 0 spiro atoms. The third-order valence-corrected chi connectivity index (χ3v) is 4.78. The Labute approximate surface area is 81.1 Å². The number of hydrogen-bond donors (Lipinski definition) is 0. The van der Waals surface area contributed by atoms with E-state index in [9.17, 15) is 4.79 Å². The SMILES string of the molecule is C=CC(=O)OCC1(C)SCCS1. The van der Waals surface area contributed by atoms with Crippen molar-refractivity contribution in [3.8, 4) is 0 Å². The summed E-state index contributed by atoms with van der Waals surface area (Å²) < 4.78 is 5.05. The van der Waals surface area contributed by atoms with Crippen LogP contribution in [0.25, 0.3) is 0 Å². The lowest BCUT2D eigenvalue weighted by Gasteiger charge is -2.20. The first-order chi connectivity index (χ1) is 5.66. The normalized spacial score (nSPS) is 20.4. The Morgan fingerprint density at radius 1 is 1.67 bits per heavy atom. The zero-order chi connectivity index (χ0) is 9.03. The Hall–Kier alpha value is -0.0900. The van der Waals surface area contributed by atoms with Crippen LogP contribution in [0.3, 0.4) is 0 Å². The van der Waals surface area contributed by atoms with Crippen LogP contribution in [0.4, 0.5) is 0 Å². The zero-order valence-electron chi connectivity index (χ0n) is 7.04. The van der Waals surface area contributed by atoms with Gasteiger partial charge in [0.2, 0.25) is 0 Å². The first kappa shape index (κ1) is 9.99. The predicted octanol–water partition coefficient (Wildman–Crippen LogP) is 1.91. The first-order valence-electron chi connectivity index (χ1n) is 3.73. The summed E-state index contributed by atoms with van der Waals surface area (Å²) in [6.45, 7) is 5.92. The molecule has 0 unspecified atom stereocenters. The van der Waals surface area contributed by atoms with Crippen LogP contribution in [0, 0.1) is 0 Å². The summed E-state index contributed by atoms with van der Waals surface area (Å²) in [6.07, 6.45) is 1.20. The van der Waals surface area contributed by atoms with Gasteiger partial charge in [-0.25, -0.2) is 4.79 Å². The quantitative estimate of drug-likeness (QED) is 0.518. The van der Waals surface area contributed by atoms with Gasteiger partial charge in [-0.3, -0.25) is 0 Å². The Balaban J connectivity index is 2.30. The summed E-state index contributed by atoms with van der Waals surface area (Å²) >= 11 is 3.70. The molecule has 0 radical (unpaired) electrons. The second kappa shape index (κ2) is 4.23. The maximum atomic E-state index is 10.8. The smallest absolute Gasteiger partial charge is 0.330 e. The van der Waals surface area contributed by atoms with Gasteiger partial charge >= 0.3 is 5.97 Å². The number of esters is 1. The predicted molar refractivity (Wildman–Crippen MR) is 54.5 cm³/mol. The molecule has 12 heavy (non-hydrogen) atoms. The van der Waals surface area contributed by atoms with E-state index in [-0.39, 0.29) is 10.0 Å². The van der Waals surface area contributed by atoms with Crippen molar-refractivity contribution >= 4 is 29.5 Å². The summed E-state index contributed by atoms with van der Waals surface area (Å²) in [5.74, 6) is 1.96. The van der Waals surface area contributed by atoms with E-state index < -0.39 is 0 Å². The molecule has 0 N–H and O–H groups in total. The van der Waals surface area contributed by atoms with Crippen molar-refractivity contribution in [1.29, 1.82) is 0 Å². The number of carbonyl (C=O) groups is 1. The Morgan fingerprint density at radius 2 is 2.25 bits per heavy atom. The fourth-order valence-corrected chi connectivity index (χ4v) is 3.55. The first-order valence-corrected chi connectivity index (χ1v) is 5.70. The van der Waals surface area contributed by atoms with E-state index in [1.54, 1.807) is 0 Å². The fraction of sp³-hybridized carbons (Fsp3) is 0.625. The Morgan fingerprint density at radius 3 is 2.75 bits per heavy atom. The van der Waals surface area contributed by atoms with E-state index >= 15 is 0 Å². The number of thioether (sulfide) groups is 2. The molecule has 1 aliphatic heterocycles. The summed E-state index contributed by atoms with van der Waals surface area (Å²) in [6, 6.07) is 0. The lowest BCUT2D eigenvalue weighted by molar-refractivity contribution is -0.137. The zero-order valence-corrected chi connectivity index (χ0v) is 8.67. The minimum atomic E-state index is -0.329. The number of rotatable bonds is 3. The van der Waals surface area contributed by atoms with Crippen LogP contribution in [0.5, 0.6) is 0 Å². The standard InChI is InChI=1S/C8H12O2S2/c1-3-7(9)10-6-8(2)11-4-5-12-8/h3H,1,4-6H2,2H3. The molecule has 2 nitrogen and oxygen atoms in total. The molecule has 0 bridgehead atoms. The fourth-order valence-electron chi connectivity index (χ4n) is 0.901.